The molecule has 3 heteroatoms. The Balaban J connectivity index is 3.08. The number of rotatable bonds is 4. The quantitative estimate of drug-likeness (QED) is 0.645. The summed E-state index contributed by atoms with van der Waals surface area (Å²) in [6.45, 7) is 13.7. The van der Waals surface area contributed by atoms with Crippen LogP contribution in [0.4, 0.5) is 0 Å². The molecule has 3 nitrogen and oxygen atoms in total. The molecule has 0 saturated heterocycles. The maximum atomic E-state index is 7.25. The third kappa shape index (κ3) is 4.55. The maximum absolute atomic E-state index is 7.25. The number of amidine groups is 1. The molecule has 0 bridgehead atoms. The summed E-state index contributed by atoms with van der Waals surface area (Å²) in [6, 6.07) is 6.41. The second kappa shape index (κ2) is 5.86. The van der Waals surface area contributed by atoms with Crippen LogP contribution < -0.4 is 10.5 Å². The Morgan fingerprint density at radius 1 is 1.10 bits per heavy atom. The lowest BCUT2D eigenvalue weighted by Gasteiger charge is -2.27. The van der Waals surface area contributed by atoms with Crippen molar-refractivity contribution in [1.29, 1.82) is 5.41 Å². The van der Waals surface area contributed by atoms with E-state index < -0.39 is 0 Å². The summed E-state index contributed by atoms with van der Waals surface area (Å²) < 4.78 is 5.82. The van der Waals surface area contributed by atoms with E-state index in [0.29, 0.717) is 13.0 Å². The summed E-state index contributed by atoms with van der Waals surface area (Å²) in [5.74, 6) is 1.06. The van der Waals surface area contributed by atoms with Crippen LogP contribution in [0.15, 0.2) is 18.2 Å². The molecule has 1 aromatic carbocycles. The highest BCUT2D eigenvalue weighted by Crippen LogP contribution is 2.35. The van der Waals surface area contributed by atoms with Crippen LogP contribution >= 0.6 is 0 Å². The van der Waals surface area contributed by atoms with Crippen molar-refractivity contribution < 1.29 is 4.74 Å². The average molecular weight is 276 g/mol. The number of hydrogen-bond donors (Lipinski definition) is 2. The van der Waals surface area contributed by atoms with Crippen LogP contribution in [-0.2, 0) is 10.8 Å². The van der Waals surface area contributed by atoms with Gasteiger partial charge < -0.3 is 10.5 Å². The van der Waals surface area contributed by atoms with E-state index in [4.69, 9.17) is 15.9 Å². The molecule has 0 saturated carbocycles. The molecule has 112 valence electrons. The zero-order chi connectivity index (χ0) is 15.6. The Bertz CT molecular complexity index is 479. The van der Waals surface area contributed by atoms with E-state index in [1.807, 2.05) is 6.07 Å². The SMILES string of the molecule is CC(C)(C)c1ccc(OCCC(=N)N)c(C(C)(C)C)c1. The van der Waals surface area contributed by atoms with Gasteiger partial charge in [-0.05, 0) is 28.0 Å². The first-order chi connectivity index (χ1) is 9.01. The van der Waals surface area contributed by atoms with Crippen molar-refractivity contribution in [3.8, 4) is 5.75 Å². The van der Waals surface area contributed by atoms with Crippen LogP contribution in [0.2, 0.25) is 0 Å². The van der Waals surface area contributed by atoms with E-state index in [1.165, 1.54) is 11.1 Å². The monoisotopic (exact) mass is 276 g/mol. The van der Waals surface area contributed by atoms with Crippen molar-refractivity contribution in [2.24, 2.45) is 5.73 Å². The molecule has 0 heterocycles. The van der Waals surface area contributed by atoms with Gasteiger partial charge in [-0.1, -0.05) is 53.7 Å². The number of nitrogens with one attached hydrogen (secondary N) is 1. The lowest BCUT2D eigenvalue weighted by molar-refractivity contribution is 0.318. The summed E-state index contributed by atoms with van der Waals surface area (Å²) in [5.41, 5.74) is 8.02. The second-order valence-electron chi connectivity index (χ2n) is 7.33. The summed E-state index contributed by atoms with van der Waals surface area (Å²) in [4.78, 5) is 0. The zero-order valence-corrected chi connectivity index (χ0v) is 13.6. The molecule has 0 atom stereocenters. The standard InChI is InChI=1S/C17H28N2O/c1-16(2,3)12-7-8-14(20-10-9-15(18)19)13(11-12)17(4,5)6/h7-8,11H,9-10H2,1-6H3,(H3,18,19). The van der Waals surface area contributed by atoms with Gasteiger partial charge in [0.25, 0.3) is 0 Å². The Morgan fingerprint density at radius 2 is 1.70 bits per heavy atom. The van der Waals surface area contributed by atoms with Gasteiger partial charge in [-0.15, -0.1) is 0 Å². The second-order valence-corrected chi connectivity index (χ2v) is 7.33. The predicted molar refractivity (Wildman–Crippen MR) is 85.9 cm³/mol. The van der Waals surface area contributed by atoms with E-state index in [1.54, 1.807) is 0 Å². The topological polar surface area (TPSA) is 59.1 Å². The lowest BCUT2D eigenvalue weighted by Crippen LogP contribution is -2.19. The van der Waals surface area contributed by atoms with Crippen molar-refractivity contribution >= 4 is 5.84 Å². The molecule has 0 spiro atoms. The number of benzene rings is 1. The lowest BCUT2D eigenvalue weighted by atomic mass is 9.80. The van der Waals surface area contributed by atoms with E-state index in [0.717, 1.165) is 5.75 Å². The van der Waals surface area contributed by atoms with Crippen LogP contribution in [0.3, 0.4) is 0 Å². The van der Waals surface area contributed by atoms with Gasteiger partial charge in [-0.25, -0.2) is 0 Å². The van der Waals surface area contributed by atoms with Crippen LogP contribution in [0.1, 0.15) is 59.1 Å². The van der Waals surface area contributed by atoms with Crippen molar-refractivity contribution in [3.05, 3.63) is 29.3 Å². The fraction of sp³-hybridized carbons (Fsp3) is 0.588. The van der Waals surface area contributed by atoms with Crippen LogP contribution in [-0.4, -0.2) is 12.4 Å². The molecule has 0 radical (unpaired) electrons. The third-order valence-electron chi connectivity index (χ3n) is 3.28. The smallest absolute Gasteiger partial charge is 0.123 e. The highest BCUT2D eigenvalue weighted by atomic mass is 16.5. The zero-order valence-electron chi connectivity index (χ0n) is 13.6. The minimum atomic E-state index is 0.0207. The third-order valence-corrected chi connectivity index (χ3v) is 3.28. The molecule has 0 aliphatic heterocycles. The fourth-order valence-electron chi connectivity index (χ4n) is 1.98. The molecular weight excluding hydrogens is 248 g/mol. The van der Waals surface area contributed by atoms with E-state index >= 15 is 0 Å². The Hall–Kier alpha value is -1.51. The number of nitrogens with two attached hydrogens (primary N) is 1. The summed E-state index contributed by atoms with van der Waals surface area (Å²) in [7, 11) is 0. The largest absolute Gasteiger partial charge is 0.493 e. The Kier molecular flexibility index (Phi) is 4.85. The van der Waals surface area contributed by atoms with Gasteiger partial charge in [-0.3, -0.25) is 5.41 Å². The van der Waals surface area contributed by atoms with Crippen molar-refractivity contribution in [1.82, 2.24) is 0 Å². The van der Waals surface area contributed by atoms with Crippen LogP contribution in [0, 0.1) is 5.41 Å². The van der Waals surface area contributed by atoms with Gasteiger partial charge in [0.2, 0.25) is 0 Å². The first-order valence-corrected chi connectivity index (χ1v) is 7.12. The Labute approximate surface area is 123 Å². The molecule has 0 aromatic heterocycles. The average Bonchev–Trinajstić information content (AvgIpc) is 2.25. The summed E-state index contributed by atoms with van der Waals surface area (Å²) in [5, 5.41) is 7.25. The molecule has 1 aromatic rings. The fourth-order valence-corrected chi connectivity index (χ4v) is 1.98. The van der Waals surface area contributed by atoms with Gasteiger partial charge in [0.15, 0.2) is 0 Å². The summed E-state index contributed by atoms with van der Waals surface area (Å²) >= 11 is 0. The van der Waals surface area contributed by atoms with E-state index in [9.17, 15) is 0 Å². The predicted octanol–water partition coefficient (Wildman–Crippen LogP) is 3.99. The number of ether oxygens (including phenoxy) is 1. The number of hydrogen-bond acceptors (Lipinski definition) is 2. The normalized spacial score (nSPS) is 12.3. The van der Waals surface area contributed by atoms with Gasteiger partial charge >= 0.3 is 0 Å². The summed E-state index contributed by atoms with van der Waals surface area (Å²) in [6.07, 6.45) is 0.463. The first-order valence-electron chi connectivity index (χ1n) is 7.12. The van der Waals surface area contributed by atoms with E-state index in [-0.39, 0.29) is 16.7 Å². The molecule has 1 rings (SSSR count). The minimum Gasteiger partial charge on any atom is -0.493 e. The molecule has 20 heavy (non-hydrogen) atoms. The van der Waals surface area contributed by atoms with Crippen molar-refractivity contribution in [2.75, 3.05) is 6.61 Å². The Morgan fingerprint density at radius 3 is 2.15 bits per heavy atom. The molecule has 0 fully saturated rings. The highest BCUT2D eigenvalue weighted by molar-refractivity contribution is 5.76. The first kappa shape index (κ1) is 16.5. The minimum absolute atomic E-state index is 0.0207. The molecule has 0 aliphatic rings. The van der Waals surface area contributed by atoms with Gasteiger partial charge in [0.05, 0.1) is 12.4 Å². The molecular formula is C17H28N2O. The molecule has 0 aliphatic carbocycles. The van der Waals surface area contributed by atoms with Crippen molar-refractivity contribution in [3.63, 3.8) is 0 Å². The van der Waals surface area contributed by atoms with Gasteiger partial charge in [0, 0.05) is 6.42 Å². The maximum Gasteiger partial charge on any atom is 0.123 e. The van der Waals surface area contributed by atoms with Crippen LogP contribution in [0.5, 0.6) is 5.75 Å². The molecule has 3 N–H and O–H groups in total. The van der Waals surface area contributed by atoms with E-state index in [2.05, 4.69) is 53.7 Å². The molecule has 0 unspecified atom stereocenters. The van der Waals surface area contributed by atoms with Gasteiger partial charge in [-0.2, -0.15) is 0 Å². The van der Waals surface area contributed by atoms with Crippen LogP contribution in [0.25, 0.3) is 0 Å². The van der Waals surface area contributed by atoms with Crippen molar-refractivity contribution in [2.45, 2.75) is 58.8 Å². The van der Waals surface area contributed by atoms with Gasteiger partial charge in [0.1, 0.15) is 5.75 Å². The molecule has 0 amide bonds. The highest BCUT2D eigenvalue weighted by Gasteiger charge is 2.22.